The van der Waals surface area contributed by atoms with Crippen LogP contribution < -0.4 is 14.4 Å². The average Bonchev–Trinajstić information content (AvgIpc) is 3.43. The molecule has 1 heterocycles. The third kappa shape index (κ3) is 8.30. The Hall–Kier alpha value is -3.90. The first-order chi connectivity index (χ1) is 19.2. The van der Waals surface area contributed by atoms with Crippen molar-refractivity contribution < 1.29 is 28.2 Å². The van der Waals surface area contributed by atoms with Crippen molar-refractivity contribution in [3.05, 3.63) is 96.6 Å². The van der Waals surface area contributed by atoms with Gasteiger partial charge in [-0.05, 0) is 63.4 Å². The molecule has 1 aliphatic heterocycles. The number of likely N-dealkylation sites (tertiary alicyclic amines) is 1. The van der Waals surface area contributed by atoms with Gasteiger partial charge in [-0.25, -0.2) is 4.79 Å². The van der Waals surface area contributed by atoms with E-state index in [1.54, 1.807) is 45.0 Å². The summed E-state index contributed by atoms with van der Waals surface area (Å²) in [5, 5.41) is 2.93. The van der Waals surface area contributed by atoms with Gasteiger partial charge >= 0.3 is 14.5 Å². The van der Waals surface area contributed by atoms with Gasteiger partial charge in [-0.3, -0.25) is 14.5 Å². The van der Waals surface area contributed by atoms with Gasteiger partial charge in [-0.15, -0.1) is 0 Å². The molecule has 0 aliphatic carbocycles. The van der Waals surface area contributed by atoms with E-state index >= 15 is 0 Å². The monoisotopic (exact) mass is 562 g/mol. The van der Waals surface area contributed by atoms with Gasteiger partial charge < -0.3 is 19.1 Å². The summed E-state index contributed by atoms with van der Waals surface area (Å²) in [5.74, 6) is 0.552. The van der Waals surface area contributed by atoms with Crippen molar-refractivity contribution in [3.63, 3.8) is 0 Å². The van der Waals surface area contributed by atoms with Crippen LogP contribution in [0.15, 0.2) is 91.0 Å². The molecule has 1 saturated heterocycles. The van der Waals surface area contributed by atoms with Crippen LogP contribution in [0, 0.1) is 0 Å². The first kappa shape index (κ1) is 29.1. The predicted molar refractivity (Wildman–Crippen MR) is 154 cm³/mol. The van der Waals surface area contributed by atoms with Gasteiger partial charge in [0.25, 0.3) is 5.52 Å². The van der Waals surface area contributed by atoms with Gasteiger partial charge in [0.2, 0.25) is 5.91 Å². The molecule has 2 amide bonds. The Morgan fingerprint density at radius 1 is 0.875 bits per heavy atom. The Morgan fingerprint density at radius 3 is 1.93 bits per heavy atom. The number of amides is 2. The SMILES string of the molecule is CC(C)(C)OC(=O)N1CCC[C@H]1C(=O)N[C@@H](Cc1ccccc1)C(=O)P(Oc1ccccc1)Oc1ccccc1. The molecule has 2 atom stereocenters. The lowest BCUT2D eigenvalue weighted by Gasteiger charge is -2.29. The summed E-state index contributed by atoms with van der Waals surface area (Å²) in [7, 11) is -2.15. The van der Waals surface area contributed by atoms with Crippen molar-refractivity contribution in [2.45, 2.75) is 57.7 Å². The molecule has 3 aromatic carbocycles. The van der Waals surface area contributed by atoms with Crippen molar-refractivity contribution >= 4 is 25.9 Å². The Balaban J connectivity index is 1.58. The van der Waals surface area contributed by atoms with E-state index in [1.807, 2.05) is 66.7 Å². The number of hydrogen-bond donors (Lipinski definition) is 1. The number of rotatable bonds is 10. The van der Waals surface area contributed by atoms with Crippen molar-refractivity contribution in [1.29, 1.82) is 0 Å². The van der Waals surface area contributed by atoms with Crippen molar-refractivity contribution in [2.24, 2.45) is 0 Å². The molecule has 8 nitrogen and oxygen atoms in total. The molecule has 1 aliphatic rings. The number of nitrogens with zero attached hydrogens (tertiary/aromatic N) is 1. The fraction of sp³-hybridized carbons (Fsp3) is 0.323. The summed E-state index contributed by atoms with van der Waals surface area (Å²) in [6, 6.07) is 25.7. The molecular formula is C31H35N2O6P. The van der Waals surface area contributed by atoms with Crippen LogP contribution in [-0.2, 0) is 20.7 Å². The Kier molecular flexibility index (Phi) is 9.78. The largest absolute Gasteiger partial charge is 0.444 e. The molecule has 0 bridgehead atoms. The summed E-state index contributed by atoms with van der Waals surface area (Å²) in [6.45, 7) is 5.76. The summed E-state index contributed by atoms with van der Waals surface area (Å²) < 4.78 is 17.7. The minimum atomic E-state index is -2.15. The van der Waals surface area contributed by atoms with Crippen LogP contribution in [0.2, 0.25) is 0 Å². The van der Waals surface area contributed by atoms with Crippen LogP contribution in [0.5, 0.6) is 11.5 Å². The highest BCUT2D eigenvalue weighted by Gasteiger charge is 2.40. The van der Waals surface area contributed by atoms with Gasteiger partial charge in [0.15, 0.2) is 0 Å². The fourth-order valence-electron chi connectivity index (χ4n) is 4.29. The van der Waals surface area contributed by atoms with E-state index in [4.69, 9.17) is 13.8 Å². The van der Waals surface area contributed by atoms with Gasteiger partial charge in [-0.1, -0.05) is 66.7 Å². The maximum atomic E-state index is 14.1. The molecule has 210 valence electrons. The van der Waals surface area contributed by atoms with Crippen LogP contribution in [-0.4, -0.2) is 46.7 Å². The summed E-state index contributed by atoms with van der Waals surface area (Å²) >= 11 is 0. The maximum Gasteiger partial charge on any atom is 0.410 e. The van der Waals surface area contributed by atoms with Crippen LogP contribution in [0.3, 0.4) is 0 Å². The summed E-state index contributed by atoms with van der Waals surface area (Å²) in [5.41, 5.74) is -0.209. The molecular weight excluding hydrogens is 527 g/mol. The topological polar surface area (TPSA) is 94.2 Å². The lowest BCUT2D eigenvalue weighted by molar-refractivity contribution is -0.128. The quantitative estimate of drug-likeness (QED) is 0.300. The number of benzene rings is 3. The summed E-state index contributed by atoms with van der Waals surface area (Å²) in [4.78, 5) is 41.9. The zero-order chi connectivity index (χ0) is 28.5. The highest BCUT2D eigenvalue weighted by Crippen LogP contribution is 2.42. The van der Waals surface area contributed by atoms with E-state index in [9.17, 15) is 14.4 Å². The molecule has 1 N–H and O–H groups in total. The number of para-hydroxylation sites is 2. The second-order valence-corrected chi connectivity index (χ2v) is 11.8. The van der Waals surface area contributed by atoms with Gasteiger partial charge in [0, 0.05) is 13.0 Å². The number of carbonyl (C=O) groups is 3. The van der Waals surface area contributed by atoms with E-state index < -0.39 is 38.1 Å². The second kappa shape index (κ2) is 13.4. The Labute approximate surface area is 236 Å². The van der Waals surface area contributed by atoms with E-state index in [0.717, 1.165) is 5.56 Å². The van der Waals surface area contributed by atoms with Crippen LogP contribution in [0.1, 0.15) is 39.2 Å². The van der Waals surface area contributed by atoms with E-state index in [2.05, 4.69) is 5.32 Å². The van der Waals surface area contributed by atoms with Gasteiger partial charge in [-0.2, -0.15) is 0 Å². The maximum absolute atomic E-state index is 14.1. The molecule has 0 radical (unpaired) electrons. The number of carbonyl (C=O) groups excluding carboxylic acids is 3. The lowest BCUT2D eigenvalue weighted by atomic mass is 10.1. The van der Waals surface area contributed by atoms with Crippen molar-refractivity contribution in [3.8, 4) is 11.5 Å². The number of ether oxygens (including phenoxy) is 1. The number of hydrogen-bond acceptors (Lipinski definition) is 6. The predicted octanol–water partition coefficient (Wildman–Crippen LogP) is 6.11. The smallest absolute Gasteiger partial charge is 0.410 e. The third-order valence-electron chi connectivity index (χ3n) is 6.12. The molecule has 4 rings (SSSR count). The summed E-state index contributed by atoms with van der Waals surface area (Å²) in [6.07, 6.45) is 0.834. The van der Waals surface area contributed by atoms with Crippen LogP contribution in [0.4, 0.5) is 4.79 Å². The number of nitrogens with one attached hydrogen (secondary N) is 1. The van der Waals surface area contributed by atoms with Gasteiger partial charge in [0.1, 0.15) is 29.2 Å². The average molecular weight is 563 g/mol. The molecule has 0 aromatic heterocycles. The fourth-order valence-corrected chi connectivity index (χ4v) is 5.54. The Bertz CT molecular complexity index is 1230. The zero-order valence-electron chi connectivity index (χ0n) is 23.0. The normalized spacial score (nSPS) is 15.8. The minimum absolute atomic E-state index is 0.236. The van der Waals surface area contributed by atoms with E-state index in [1.165, 1.54) is 4.90 Å². The zero-order valence-corrected chi connectivity index (χ0v) is 23.9. The van der Waals surface area contributed by atoms with Crippen molar-refractivity contribution in [2.75, 3.05) is 6.54 Å². The first-order valence-corrected chi connectivity index (χ1v) is 14.5. The van der Waals surface area contributed by atoms with E-state index in [-0.39, 0.29) is 11.9 Å². The standard InChI is InChI=1S/C31H35N2O6P/c1-31(2,3)37-30(36)33-21-13-20-27(33)28(34)32-26(22-23-14-7-4-8-15-23)29(35)40(38-24-16-9-5-10-17-24)39-25-18-11-6-12-19-25/h4-12,14-19,26-27H,13,20-22H2,1-3H3,(H,32,34)/t26-,27-/m0/s1. The van der Waals surface area contributed by atoms with Gasteiger partial charge in [0.05, 0.1) is 0 Å². The van der Waals surface area contributed by atoms with Crippen LogP contribution >= 0.6 is 8.38 Å². The third-order valence-corrected chi connectivity index (χ3v) is 7.55. The molecule has 0 spiro atoms. The second-order valence-electron chi connectivity index (χ2n) is 10.5. The highest BCUT2D eigenvalue weighted by molar-refractivity contribution is 7.67. The molecule has 3 aromatic rings. The first-order valence-electron chi connectivity index (χ1n) is 13.3. The molecule has 9 heteroatoms. The van der Waals surface area contributed by atoms with Crippen LogP contribution in [0.25, 0.3) is 0 Å². The molecule has 0 unspecified atom stereocenters. The molecule has 0 saturated carbocycles. The molecule has 1 fully saturated rings. The minimum Gasteiger partial charge on any atom is -0.444 e. The lowest BCUT2D eigenvalue weighted by Crippen LogP contribution is -2.52. The molecule has 40 heavy (non-hydrogen) atoms. The highest BCUT2D eigenvalue weighted by atomic mass is 31.2. The Morgan fingerprint density at radius 2 is 1.40 bits per heavy atom. The van der Waals surface area contributed by atoms with Crippen molar-refractivity contribution in [1.82, 2.24) is 10.2 Å². The van der Waals surface area contributed by atoms with E-state index in [0.29, 0.717) is 30.9 Å².